The van der Waals surface area contributed by atoms with Gasteiger partial charge in [0.25, 0.3) is 5.91 Å². The molecule has 0 atom stereocenters. The third-order valence-electron chi connectivity index (χ3n) is 3.18. The predicted molar refractivity (Wildman–Crippen MR) is 84.3 cm³/mol. The van der Waals surface area contributed by atoms with Crippen LogP contribution in [0.2, 0.25) is 0 Å². The Bertz CT molecular complexity index is 683. The van der Waals surface area contributed by atoms with Crippen molar-refractivity contribution in [3.05, 3.63) is 53.3 Å². The third kappa shape index (κ3) is 3.31. The third-order valence-corrected chi connectivity index (χ3v) is 3.18. The van der Waals surface area contributed by atoms with E-state index in [0.29, 0.717) is 22.5 Å². The Morgan fingerprint density at radius 3 is 2.52 bits per heavy atom. The summed E-state index contributed by atoms with van der Waals surface area (Å²) in [5, 5.41) is 2.69. The molecule has 2 aromatic carbocycles. The van der Waals surface area contributed by atoms with Crippen molar-refractivity contribution in [3.8, 4) is 0 Å². The van der Waals surface area contributed by atoms with E-state index in [0.717, 1.165) is 5.69 Å². The van der Waals surface area contributed by atoms with Gasteiger partial charge >= 0.3 is 0 Å². The summed E-state index contributed by atoms with van der Waals surface area (Å²) in [5.41, 5.74) is 8.38. The molecule has 110 valence electrons. The maximum Gasteiger partial charge on any atom is 0.257 e. The zero-order chi connectivity index (χ0) is 15.6. The molecular formula is C16H18FN3O. The number of carbonyl (C=O) groups excluding carboxylic acids is 1. The molecule has 0 bridgehead atoms. The van der Waals surface area contributed by atoms with Crippen molar-refractivity contribution in [1.29, 1.82) is 0 Å². The van der Waals surface area contributed by atoms with E-state index in [-0.39, 0.29) is 11.7 Å². The summed E-state index contributed by atoms with van der Waals surface area (Å²) in [6, 6.07) is 9.71. The van der Waals surface area contributed by atoms with E-state index < -0.39 is 0 Å². The van der Waals surface area contributed by atoms with Gasteiger partial charge in [-0.3, -0.25) is 4.79 Å². The van der Waals surface area contributed by atoms with Gasteiger partial charge in [0.05, 0.1) is 5.56 Å². The van der Waals surface area contributed by atoms with Crippen molar-refractivity contribution in [3.63, 3.8) is 0 Å². The second kappa shape index (κ2) is 5.83. The van der Waals surface area contributed by atoms with Crippen LogP contribution in [-0.2, 0) is 0 Å². The van der Waals surface area contributed by atoms with Crippen LogP contribution in [-0.4, -0.2) is 20.0 Å². The van der Waals surface area contributed by atoms with Gasteiger partial charge in [-0.05, 0) is 42.8 Å². The van der Waals surface area contributed by atoms with Crippen LogP contribution in [0.1, 0.15) is 15.9 Å². The number of anilines is 3. The number of carbonyl (C=O) groups is 1. The minimum atomic E-state index is -0.354. The smallest absolute Gasteiger partial charge is 0.257 e. The predicted octanol–water partition coefficient (Wildman–Crippen LogP) is 3.03. The molecule has 2 aromatic rings. The Morgan fingerprint density at radius 2 is 1.90 bits per heavy atom. The number of hydrogen-bond acceptors (Lipinski definition) is 3. The van der Waals surface area contributed by atoms with Crippen molar-refractivity contribution in [2.75, 3.05) is 30.0 Å². The highest BCUT2D eigenvalue weighted by Crippen LogP contribution is 2.23. The summed E-state index contributed by atoms with van der Waals surface area (Å²) in [4.78, 5) is 14.2. The molecule has 0 aromatic heterocycles. The number of aryl methyl sites for hydroxylation is 1. The number of rotatable bonds is 3. The first-order valence-electron chi connectivity index (χ1n) is 6.53. The number of halogens is 1. The first-order chi connectivity index (χ1) is 9.88. The van der Waals surface area contributed by atoms with Gasteiger partial charge in [-0.25, -0.2) is 4.39 Å². The maximum absolute atomic E-state index is 13.5. The van der Waals surface area contributed by atoms with Gasteiger partial charge in [0.2, 0.25) is 0 Å². The Morgan fingerprint density at radius 1 is 1.19 bits per heavy atom. The second-order valence-electron chi connectivity index (χ2n) is 5.09. The van der Waals surface area contributed by atoms with Gasteiger partial charge < -0.3 is 16.0 Å². The SMILES string of the molecule is Cc1ccc(NC(=O)c2cc(N)ccc2N(C)C)cc1F. The lowest BCUT2D eigenvalue weighted by Crippen LogP contribution is -2.19. The maximum atomic E-state index is 13.5. The summed E-state index contributed by atoms with van der Waals surface area (Å²) < 4.78 is 13.5. The average Bonchev–Trinajstić information content (AvgIpc) is 2.42. The van der Waals surface area contributed by atoms with Crippen molar-refractivity contribution >= 4 is 23.0 Å². The fraction of sp³-hybridized carbons (Fsp3) is 0.188. The molecule has 4 nitrogen and oxygen atoms in total. The van der Waals surface area contributed by atoms with Gasteiger partial charge in [-0.15, -0.1) is 0 Å². The monoisotopic (exact) mass is 287 g/mol. The number of nitrogen functional groups attached to an aromatic ring is 1. The lowest BCUT2D eigenvalue weighted by Gasteiger charge is -2.17. The van der Waals surface area contributed by atoms with Crippen LogP contribution in [0.5, 0.6) is 0 Å². The topological polar surface area (TPSA) is 58.4 Å². The van der Waals surface area contributed by atoms with Crippen molar-refractivity contribution in [2.24, 2.45) is 0 Å². The molecule has 0 unspecified atom stereocenters. The lowest BCUT2D eigenvalue weighted by atomic mass is 10.1. The van der Waals surface area contributed by atoms with Crippen LogP contribution < -0.4 is 16.0 Å². The standard InChI is InChI=1S/C16H18FN3O/c1-10-4-6-12(9-14(10)17)19-16(21)13-8-11(18)5-7-15(13)20(2)3/h4-9H,18H2,1-3H3,(H,19,21). The summed E-state index contributed by atoms with van der Waals surface area (Å²) in [5.74, 6) is -0.678. The van der Waals surface area contributed by atoms with Crippen LogP contribution in [0.3, 0.4) is 0 Å². The first-order valence-corrected chi connectivity index (χ1v) is 6.53. The highest BCUT2D eigenvalue weighted by molar-refractivity contribution is 6.08. The normalized spacial score (nSPS) is 10.3. The summed E-state index contributed by atoms with van der Waals surface area (Å²) in [6.45, 7) is 1.67. The molecular weight excluding hydrogens is 269 g/mol. The Kier molecular flexibility index (Phi) is 4.12. The van der Waals surface area contributed by atoms with Crippen LogP contribution in [0, 0.1) is 12.7 Å². The quantitative estimate of drug-likeness (QED) is 0.853. The van der Waals surface area contributed by atoms with E-state index in [1.54, 1.807) is 37.3 Å². The molecule has 0 heterocycles. The van der Waals surface area contributed by atoms with E-state index in [2.05, 4.69) is 5.32 Å². The van der Waals surface area contributed by atoms with Crippen LogP contribution >= 0.6 is 0 Å². The molecule has 0 saturated carbocycles. The highest BCUT2D eigenvalue weighted by Gasteiger charge is 2.14. The summed E-state index contributed by atoms with van der Waals surface area (Å²) >= 11 is 0. The van der Waals surface area contributed by atoms with Gasteiger partial charge in [0.1, 0.15) is 5.82 Å². The zero-order valence-corrected chi connectivity index (χ0v) is 12.3. The van der Waals surface area contributed by atoms with Crippen molar-refractivity contribution in [1.82, 2.24) is 0 Å². The van der Waals surface area contributed by atoms with Crippen LogP contribution in [0.4, 0.5) is 21.5 Å². The summed E-state index contributed by atoms with van der Waals surface area (Å²) in [7, 11) is 3.68. The number of nitrogens with two attached hydrogens (primary N) is 1. The molecule has 5 heteroatoms. The number of nitrogens with zero attached hydrogens (tertiary/aromatic N) is 1. The molecule has 0 spiro atoms. The fourth-order valence-corrected chi connectivity index (χ4v) is 1.99. The molecule has 1 amide bonds. The molecule has 21 heavy (non-hydrogen) atoms. The molecule has 0 saturated heterocycles. The van der Waals surface area contributed by atoms with E-state index in [1.807, 2.05) is 19.0 Å². The Hall–Kier alpha value is -2.56. The molecule has 3 N–H and O–H groups in total. The zero-order valence-electron chi connectivity index (χ0n) is 12.3. The highest BCUT2D eigenvalue weighted by atomic mass is 19.1. The van der Waals surface area contributed by atoms with Crippen molar-refractivity contribution in [2.45, 2.75) is 6.92 Å². The molecule has 2 rings (SSSR count). The minimum absolute atomic E-state index is 0.325. The minimum Gasteiger partial charge on any atom is -0.399 e. The number of nitrogens with one attached hydrogen (secondary N) is 1. The first kappa shape index (κ1) is 14.8. The van der Waals surface area contributed by atoms with E-state index in [4.69, 9.17) is 5.73 Å². The Balaban J connectivity index is 2.31. The fourth-order valence-electron chi connectivity index (χ4n) is 1.99. The van der Waals surface area contributed by atoms with Gasteiger partial charge in [-0.1, -0.05) is 6.07 Å². The van der Waals surface area contributed by atoms with E-state index >= 15 is 0 Å². The second-order valence-corrected chi connectivity index (χ2v) is 5.09. The molecule has 0 radical (unpaired) electrons. The van der Waals surface area contributed by atoms with E-state index in [9.17, 15) is 9.18 Å². The lowest BCUT2D eigenvalue weighted by molar-refractivity contribution is 0.102. The van der Waals surface area contributed by atoms with Crippen molar-refractivity contribution < 1.29 is 9.18 Å². The number of amides is 1. The number of benzene rings is 2. The Labute approximate surface area is 123 Å². The average molecular weight is 287 g/mol. The van der Waals surface area contributed by atoms with Crippen LogP contribution in [0.15, 0.2) is 36.4 Å². The molecule has 0 fully saturated rings. The summed E-state index contributed by atoms with van der Waals surface area (Å²) in [6.07, 6.45) is 0. The number of hydrogen-bond donors (Lipinski definition) is 2. The molecule has 0 aliphatic carbocycles. The largest absolute Gasteiger partial charge is 0.399 e. The van der Waals surface area contributed by atoms with Gasteiger partial charge in [0.15, 0.2) is 0 Å². The van der Waals surface area contributed by atoms with Gasteiger partial charge in [-0.2, -0.15) is 0 Å². The van der Waals surface area contributed by atoms with Gasteiger partial charge in [0, 0.05) is 31.2 Å². The van der Waals surface area contributed by atoms with Crippen LogP contribution in [0.25, 0.3) is 0 Å². The molecule has 0 aliphatic heterocycles. The van der Waals surface area contributed by atoms with E-state index in [1.165, 1.54) is 6.07 Å². The molecule has 0 aliphatic rings.